The van der Waals surface area contributed by atoms with Crippen molar-refractivity contribution in [2.24, 2.45) is 0 Å². The number of carbonyl (C=O) groups is 1. The molecule has 0 aliphatic heterocycles. The molecule has 1 aromatic carbocycles. The lowest BCUT2D eigenvalue weighted by Gasteiger charge is -2.10. The second kappa shape index (κ2) is 8.42. The van der Waals surface area contributed by atoms with Crippen LogP contribution in [0.15, 0.2) is 53.6 Å². The number of amides is 1. The first kappa shape index (κ1) is 17.1. The second-order valence-corrected chi connectivity index (χ2v) is 6.36. The molecule has 1 aliphatic rings. The van der Waals surface area contributed by atoms with Gasteiger partial charge in [-0.1, -0.05) is 43.2 Å². The van der Waals surface area contributed by atoms with E-state index >= 15 is 0 Å². The van der Waals surface area contributed by atoms with E-state index in [1.54, 1.807) is 23.0 Å². The summed E-state index contributed by atoms with van der Waals surface area (Å²) in [4.78, 5) is 28.4. The van der Waals surface area contributed by atoms with Gasteiger partial charge in [0.25, 0.3) is 5.56 Å². The van der Waals surface area contributed by atoms with Crippen molar-refractivity contribution in [2.75, 3.05) is 6.54 Å². The third kappa shape index (κ3) is 4.89. The normalized spacial score (nSPS) is 14.9. The van der Waals surface area contributed by atoms with Gasteiger partial charge in [0.15, 0.2) is 0 Å². The average molecular weight is 337 g/mol. The molecule has 1 fully saturated rings. The van der Waals surface area contributed by atoms with Gasteiger partial charge in [-0.05, 0) is 24.5 Å². The molecule has 0 radical (unpaired) electrons. The van der Waals surface area contributed by atoms with Crippen LogP contribution in [0.25, 0.3) is 6.08 Å². The standard InChI is InChI=1S/C20H23N3O2/c24-19(11-10-16-6-2-1-3-7-16)21-12-13-23-15-22-18(14-20(23)25)17-8-4-5-9-17/h1-3,6-7,10-11,14-15,17H,4-5,8-9,12-13H2,(H,21,24)/b11-10+. The summed E-state index contributed by atoms with van der Waals surface area (Å²) in [6, 6.07) is 11.3. The van der Waals surface area contributed by atoms with E-state index in [0.717, 1.165) is 24.1 Å². The van der Waals surface area contributed by atoms with Crippen molar-refractivity contribution in [1.29, 1.82) is 0 Å². The molecule has 1 saturated carbocycles. The number of hydrogen-bond acceptors (Lipinski definition) is 3. The molecule has 5 nitrogen and oxygen atoms in total. The first-order valence-electron chi connectivity index (χ1n) is 8.80. The average Bonchev–Trinajstić information content (AvgIpc) is 3.17. The van der Waals surface area contributed by atoms with Crippen molar-refractivity contribution in [1.82, 2.24) is 14.9 Å². The van der Waals surface area contributed by atoms with Gasteiger partial charge in [0.1, 0.15) is 0 Å². The first-order valence-corrected chi connectivity index (χ1v) is 8.80. The minimum atomic E-state index is -0.174. The van der Waals surface area contributed by atoms with Crippen LogP contribution in [-0.2, 0) is 11.3 Å². The Hall–Kier alpha value is -2.69. The highest BCUT2D eigenvalue weighted by atomic mass is 16.1. The predicted molar refractivity (Wildman–Crippen MR) is 98.2 cm³/mol. The fraction of sp³-hybridized carbons (Fsp3) is 0.350. The zero-order valence-corrected chi connectivity index (χ0v) is 14.2. The Bertz CT molecular complexity index is 790. The van der Waals surface area contributed by atoms with E-state index in [1.165, 1.54) is 18.9 Å². The maximum atomic E-state index is 12.2. The summed E-state index contributed by atoms with van der Waals surface area (Å²) in [6.07, 6.45) is 9.55. The fourth-order valence-electron chi connectivity index (χ4n) is 3.15. The van der Waals surface area contributed by atoms with Crippen molar-refractivity contribution in [3.8, 4) is 0 Å². The van der Waals surface area contributed by atoms with Crippen molar-refractivity contribution in [3.63, 3.8) is 0 Å². The molecule has 25 heavy (non-hydrogen) atoms. The fourth-order valence-corrected chi connectivity index (χ4v) is 3.15. The van der Waals surface area contributed by atoms with Crippen LogP contribution in [0.2, 0.25) is 0 Å². The first-order chi connectivity index (χ1) is 12.2. The summed E-state index contributed by atoms with van der Waals surface area (Å²) in [7, 11) is 0. The Morgan fingerprint density at radius 2 is 2.00 bits per heavy atom. The lowest BCUT2D eigenvalue weighted by Crippen LogP contribution is -2.30. The summed E-state index contributed by atoms with van der Waals surface area (Å²) < 4.78 is 1.54. The van der Waals surface area contributed by atoms with Crippen LogP contribution in [0.4, 0.5) is 0 Å². The predicted octanol–water partition coefficient (Wildman–Crippen LogP) is 2.73. The quantitative estimate of drug-likeness (QED) is 0.824. The number of benzene rings is 1. The van der Waals surface area contributed by atoms with Crippen molar-refractivity contribution < 1.29 is 4.79 Å². The maximum Gasteiger partial charge on any atom is 0.253 e. The van der Waals surface area contributed by atoms with E-state index < -0.39 is 0 Å². The lowest BCUT2D eigenvalue weighted by atomic mass is 10.0. The van der Waals surface area contributed by atoms with Gasteiger partial charge >= 0.3 is 0 Å². The highest BCUT2D eigenvalue weighted by Crippen LogP contribution is 2.32. The highest BCUT2D eigenvalue weighted by molar-refractivity contribution is 5.91. The van der Waals surface area contributed by atoms with Crippen LogP contribution in [-0.4, -0.2) is 22.0 Å². The largest absolute Gasteiger partial charge is 0.351 e. The number of carbonyl (C=O) groups excluding carboxylic acids is 1. The number of nitrogens with one attached hydrogen (secondary N) is 1. The molecule has 130 valence electrons. The zero-order valence-electron chi connectivity index (χ0n) is 14.2. The van der Waals surface area contributed by atoms with Gasteiger partial charge in [-0.2, -0.15) is 0 Å². The SMILES string of the molecule is O=C(/C=C/c1ccccc1)NCCn1cnc(C2CCCC2)cc1=O. The van der Waals surface area contributed by atoms with Crippen LogP contribution in [0.1, 0.15) is 42.9 Å². The Kier molecular flexibility index (Phi) is 5.77. The summed E-state index contributed by atoms with van der Waals surface area (Å²) in [5.74, 6) is 0.262. The minimum absolute atomic E-state index is 0.0500. The van der Waals surface area contributed by atoms with Crippen molar-refractivity contribution in [2.45, 2.75) is 38.1 Å². The molecule has 0 atom stereocenters. The van der Waals surface area contributed by atoms with E-state index in [2.05, 4.69) is 10.3 Å². The molecule has 2 aromatic rings. The lowest BCUT2D eigenvalue weighted by molar-refractivity contribution is -0.116. The highest BCUT2D eigenvalue weighted by Gasteiger charge is 2.18. The van der Waals surface area contributed by atoms with Crippen LogP contribution in [0, 0.1) is 0 Å². The van der Waals surface area contributed by atoms with Gasteiger partial charge in [-0.25, -0.2) is 4.98 Å². The molecular weight excluding hydrogens is 314 g/mol. The van der Waals surface area contributed by atoms with Gasteiger partial charge in [0.2, 0.25) is 5.91 Å². The molecule has 5 heteroatoms. The molecule has 3 rings (SSSR count). The van der Waals surface area contributed by atoms with E-state index in [4.69, 9.17) is 0 Å². The van der Waals surface area contributed by atoms with E-state index in [9.17, 15) is 9.59 Å². The molecule has 1 N–H and O–H groups in total. The summed E-state index contributed by atoms with van der Waals surface area (Å²) >= 11 is 0. The monoisotopic (exact) mass is 337 g/mol. The molecule has 1 aliphatic carbocycles. The minimum Gasteiger partial charge on any atom is -0.351 e. The Balaban J connectivity index is 1.49. The van der Waals surface area contributed by atoms with Gasteiger partial charge in [-0.15, -0.1) is 0 Å². The van der Waals surface area contributed by atoms with Crippen molar-refractivity contribution in [3.05, 3.63) is 70.4 Å². The van der Waals surface area contributed by atoms with Crippen molar-refractivity contribution >= 4 is 12.0 Å². The van der Waals surface area contributed by atoms with Crippen LogP contribution < -0.4 is 10.9 Å². The van der Waals surface area contributed by atoms with E-state index in [1.807, 2.05) is 30.3 Å². The molecule has 0 unspecified atom stereocenters. The number of nitrogens with zero attached hydrogens (tertiary/aromatic N) is 2. The van der Waals surface area contributed by atoms with Crippen LogP contribution in [0.5, 0.6) is 0 Å². The molecule has 0 bridgehead atoms. The third-order valence-electron chi connectivity index (χ3n) is 4.55. The Morgan fingerprint density at radius 3 is 2.72 bits per heavy atom. The summed E-state index contributed by atoms with van der Waals surface area (Å²) in [5, 5.41) is 2.79. The molecule has 1 heterocycles. The van der Waals surface area contributed by atoms with Gasteiger partial charge in [0.05, 0.1) is 12.0 Å². The van der Waals surface area contributed by atoms with Gasteiger partial charge < -0.3 is 5.32 Å². The van der Waals surface area contributed by atoms with E-state index in [0.29, 0.717) is 19.0 Å². The zero-order chi connectivity index (χ0) is 17.5. The van der Waals surface area contributed by atoms with Gasteiger partial charge in [-0.3, -0.25) is 14.2 Å². The smallest absolute Gasteiger partial charge is 0.253 e. The topological polar surface area (TPSA) is 64.0 Å². The molecular formula is C20H23N3O2. The van der Waals surface area contributed by atoms with E-state index in [-0.39, 0.29) is 11.5 Å². The Labute approximate surface area is 147 Å². The van der Waals surface area contributed by atoms with Crippen LogP contribution >= 0.6 is 0 Å². The third-order valence-corrected chi connectivity index (χ3v) is 4.55. The Morgan fingerprint density at radius 1 is 1.24 bits per heavy atom. The molecule has 0 saturated heterocycles. The number of aromatic nitrogens is 2. The molecule has 0 spiro atoms. The summed E-state index contributed by atoms with van der Waals surface area (Å²) in [6.45, 7) is 0.810. The number of hydrogen-bond donors (Lipinski definition) is 1. The number of rotatable bonds is 6. The maximum absolute atomic E-state index is 12.2. The molecule has 1 amide bonds. The van der Waals surface area contributed by atoms with Gasteiger partial charge in [0, 0.05) is 31.1 Å². The molecule has 1 aromatic heterocycles. The second-order valence-electron chi connectivity index (χ2n) is 6.36. The van der Waals surface area contributed by atoms with Crippen LogP contribution in [0.3, 0.4) is 0 Å². The summed E-state index contributed by atoms with van der Waals surface area (Å²) in [5.41, 5.74) is 1.83.